The van der Waals surface area contributed by atoms with E-state index in [4.69, 9.17) is 5.11 Å². The summed E-state index contributed by atoms with van der Waals surface area (Å²) in [6.45, 7) is 1.79. The Balaban J connectivity index is 2.59. The number of alkyl halides is 2. The molecule has 1 aromatic heterocycles. The molecule has 0 amide bonds. The molecule has 0 fully saturated rings. The maximum atomic E-state index is 12.9. The summed E-state index contributed by atoms with van der Waals surface area (Å²) in [6.07, 6.45) is -2.06. The molecule has 4 nitrogen and oxygen atoms in total. The maximum absolute atomic E-state index is 12.9. The van der Waals surface area contributed by atoms with Crippen molar-refractivity contribution in [2.75, 3.05) is 0 Å². The number of halogens is 3. The Morgan fingerprint density at radius 2 is 2.10 bits per heavy atom. The highest BCUT2D eigenvalue weighted by molar-refractivity contribution is 9.10. The van der Waals surface area contributed by atoms with Crippen molar-refractivity contribution >= 4 is 21.9 Å². The Hall–Kier alpha value is -1.89. The van der Waals surface area contributed by atoms with Crippen molar-refractivity contribution in [3.05, 3.63) is 45.7 Å². The second-order valence-corrected chi connectivity index (χ2v) is 4.97. The van der Waals surface area contributed by atoms with Gasteiger partial charge in [-0.25, -0.2) is 23.5 Å². The fraction of sp³-hybridized carbons (Fsp3) is 0.154. The Bertz CT molecular complexity index is 677. The van der Waals surface area contributed by atoms with Crippen LogP contribution in [0.25, 0.3) is 11.4 Å². The van der Waals surface area contributed by atoms with Gasteiger partial charge in [0.2, 0.25) is 0 Å². The molecule has 2 rings (SSSR count). The molecule has 0 atom stereocenters. The molecule has 7 heteroatoms. The first kappa shape index (κ1) is 14.5. The van der Waals surface area contributed by atoms with Crippen LogP contribution in [0.4, 0.5) is 8.78 Å². The number of rotatable bonds is 3. The van der Waals surface area contributed by atoms with Crippen LogP contribution in [0.15, 0.2) is 28.9 Å². The van der Waals surface area contributed by atoms with Gasteiger partial charge in [-0.2, -0.15) is 0 Å². The second-order valence-electron chi connectivity index (χ2n) is 4.06. The number of benzene rings is 1. The fourth-order valence-electron chi connectivity index (χ4n) is 1.73. The number of carbonyl (C=O) groups is 1. The molecule has 0 aliphatic carbocycles. The molecule has 0 unspecified atom stereocenters. The number of carboxylic acids is 1. The molecule has 0 spiro atoms. The summed E-state index contributed by atoms with van der Waals surface area (Å²) in [5.41, 5.74) is 0.0121. The number of aromatic nitrogens is 2. The van der Waals surface area contributed by atoms with Crippen molar-refractivity contribution in [2.24, 2.45) is 0 Å². The van der Waals surface area contributed by atoms with Gasteiger partial charge in [-0.15, -0.1) is 0 Å². The lowest BCUT2D eigenvalue weighted by molar-refractivity contribution is 0.0681. The zero-order valence-electron chi connectivity index (χ0n) is 10.3. The first-order valence-corrected chi connectivity index (χ1v) is 6.34. The summed E-state index contributed by atoms with van der Waals surface area (Å²) in [5.74, 6) is -1.39. The average molecular weight is 343 g/mol. The highest BCUT2D eigenvalue weighted by Crippen LogP contribution is 2.27. The van der Waals surface area contributed by atoms with Gasteiger partial charge >= 0.3 is 5.97 Å². The lowest BCUT2D eigenvalue weighted by Crippen LogP contribution is -2.08. The summed E-state index contributed by atoms with van der Waals surface area (Å²) < 4.78 is 26.6. The maximum Gasteiger partial charge on any atom is 0.339 e. The third kappa shape index (κ3) is 2.82. The molecule has 104 valence electrons. The van der Waals surface area contributed by atoms with Crippen LogP contribution < -0.4 is 0 Å². The van der Waals surface area contributed by atoms with E-state index in [0.717, 1.165) is 16.2 Å². The average Bonchev–Trinajstić information content (AvgIpc) is 2.37. The third-order valence-electron chi connectivity index (χ3n) is 2.68. The van der Waals surface area contributed by atoms with E-state index in [9.17, 15) is 13.6 Å². The Labute approximate surface area is 121 Å². The van der Waals surface area contributed by atoms with E-state index in [-0.39, 0.29) is 5.82 Å². The molecule has 1 N–H and O–H groups in total. The minimum absolute atomic E-state index is 0.0790. The van der Waals surface area contributed by atoms with Crippen LogP contribution in [0.3, 0.4) is 0 Å². The van der Waals surface area contributed by atoms with Crippen LogP contribution in [-0.4, -0.2) is 21.0 Å². The number of nitrogens with zero attached hydrogens (tertiary/aromatic N) is 2. The topological polar surface area (TPSA) is 63.1 Å². The Kier molecular flexibility index (Phi) is 4.08. The van der Waals surface area contributed by atoms with Crippen molar-refractivity contribution < 1.29 is 18.7 Å². The van der Waals surface area contributed by atoms with Crippen LogP contribution >= 0.6 is 15.9 Å². The van der Waals surface area contributed by atoms with Crippen LogP contribution in [0, 0.1) is 6.92 Å². The quantitative estimate of drug-likeness (QED) is 0.920. The van der Waals surface area contributed by atoms with E-state index in [1.807, 2.05) is 0 Å². The number of aromatic carboxylic acids is 1. The lowest BCUT2D eigenvalue weighted by atomic mass is 10.1. The van der Waals surface area contributed by atoms with Crippen molar-refractivity contribution in [1.29, 1.82) is 0 Å². The molecule has 2 aromatic rings. The normalized spacial score (nSPS) is 10.8. The largest absolute Gasteiger partial charge is 0.478 e. The van der Waals surface area contributed by atoms with E-state index < -0.39 is 23.7 Å². The third-order valence-corrected chi connectivity index (χ3v) is 3.18. The van der Waals surface area contributed by atoms with Gasteiger partial charge in [0.05, 0.1) is 0 Å². The predicted octanol–water partition coefficient (Wildman–Crippen LogP) is 3.85. The van der Waals surface area contributed by atoms with Crippen molar-refractivity contribution in [1.82, 2.24) is 9.97 Å². The van der Waals surface area contributed by atoms with E-state index in [2.05, 4.69) is 25.9 Å². The van der Waals surface area contributed by atoms with E-state index in [1.54, 1.807) is 25.1 Å². The highest BCUT2D eigenvalue weighted by atomic mass is 79.9. The minimum atomic E-state index is -2.97. The molecular weight excluding hydrogens is 334 g/mol. The standard InChI is InChI=1S/C13H9BrF2N2O2/c1-6-4-7(14)2-3-8(6)12-17-5-9(13(19)20)10(18-12)11(15)16/h2-5,11H,1H3,(H,19,20). The number of hydrogen-bond donors (Lipinski definition) is 1. The molecule has 0 aliphatic heterocycles. The highest BCUT2D eigenvalue weighted by Gasteiger charge is 2.21. The van der Waals surface area contributed by atoms with Gasteiger partial charge in [-0.05, 0) is 30.7 Å². The molecule has 1 aromatic carbocycles. The number of hydrogen-bond acceptors (Lipinski definition) is 3. The summed E-state index contributed by atoms with van der Waals surface area (Å²) >= 11 is 3.30. The Morgan fingerprint density at radius 3 is 2.65 bits per heavy atom. The summed E-state index contributed by atoms with van der Waals surface area (Å²) in [6, 6.07) is 5.22. The van der Waals surface area contributed by atoms with Crippen molar-refractivity contribution in [3.8, 4) is 11.4 Å². The molecular formula is C13H9BrF2N2O2. The monoisotopic (exact) mass is 342 g/mol. The van der Waals surface area contributed by atoms with E-state index in [0.29, 0.717) is 5.56 Å². The van der Waals surface area contributed by atoms with Gasteiger partial charge in [0.25, 0.3) is 6.43 Å². The first-order valence-electron chi connectivity index (χ1n) is 5.55. The van der Waals surface area contributed by atoms with Crippen LogP contribution in [-0.2, 0) is 0 Å². The predicted molar refractivity (Wildman–Crippen MR) is 71.8 cm³/mol. The molecule has 0 radical (unpaired) electrons. The van der Waals surface area contributed by atoms with E-state index >= 15 is 0 Å². The molecule has 0 bridgehead atoms. The molecule has 1 heterocycles. The van der Waals surface area contributed by atoms with Gasteiger partial charge in [-0.3, -0.25) is 0 Å². The van der Waals surface area contributed by atoms with Crippen LogP contribution in [0.2, 0.25) is 0 Å². The SMILES string of the molecule is Cc1cc(Br)ccc1-c1ncc(C(=O)O)c(C(F)F)n1. The van der Waals surface area contributed by atoms with Gasteiger partial charge in [0.15, 0.2) is 5.82 Å². The molecule has 20 heavy (non-hydrogen) atoms. The zero-order valence-corrected chi connectivity index (χ0v) is 11.9. The van der Waals surface area contributed by atoms with Crippen LogP contribution in [0.5, 0.6) is 0 Å². The smallest absolute Gasteiger partial charge is 0.339 e. The van der Waals surface area contributed by atoms with Gasteiger partial charge in [0, 0.05) is 16.2 Å². The number of carboxylic acid groups (broad SMARTS) is 1. The zero-order chi connectivity index (χ0) is 14.9. The first-order chi connectivity index (χ1) is 9.40. The summed E-state index contributed by atoms with van der Waals surface area (Å²) in [4.78, 5) is 18.4. The van der Waals surface area contributed by atoms with Crippen molar-refractivity contribution in [3.63, 3.8) is 0 Å². The van der Waals surface area contributed by atoms with Gasteiger partial charge < -0.3 is 5.11 Å². The molecule has 0 aliphatic rings. The number of aryl methyl sites for hydroxylation is 1. The second kappa shape index (κ2) is 5.62. The van der Waals surface area contributed by atoms with Gasteiger partial charge in [-0.1, -0.05) is 15.9 Å². The lowest BCUT2D eigenvalue weighted by Gasteiger charge is -2.09. The fourth-order valence-corrected chi connectivity index (χ4v) is 2.21. The summed E-state index contributed by atoms with van der Waals surface area (Å²) in [5, 5.41) is 8.85. The molecule has 0 saturated carbocycles. The van der Waals surface area contributed by atoms with Crippen molar-refractivity contribution in [2.45, 2.75) is 13.3 Å². The van der Waals surface area contributed by atoms with E-state index in [1.165, 1.54) is 0 Å². The molecule has 0 saturated heterocycles. The summed E-state index contributed by atoms with van der Waals surface area (Å²) in [7, 11) is 0. The Morgan fingerprint density at radius 1 is 1.40 bits per heavy atom. The van der Waals surface area contributed by atoms with Gasteiger partial charge in [0.1, 0.15) is 11.3 Å². The minimum Gasteiger partial charge on any atom is -0.478 e. The van der Waals surface area contributed by atoms with Crippen LogP contribution in [0.1, 0.15) is 28.0 Å².